The second-order valence-electron chi connectivity index (χ2n) is 1.03. The van der Waals surface area contributed by atoms with Gasteiger partial charge in [-0.05, 0) is 6.92 Å². The van der Waals surface area contributed by atoms with Crippen molar-refractivity contribution < 1.29 is 19.4 Å². The monoisotopic (exact) mass is 134 g/mol. The summed E-state index contributed by atoms with van der Waals surface area (Å²) >= 11 is 0. The Balaban J connectivity index is 0. The molecule has 4 nitrogen and oxygen atoms in total. The standard InChI is InChI=1S/C4H8O2.CH2O2/c1-3-6-4(2)5;2-1-3/h3H2,1-2H3;1H,(H,2,3). The molecule has 0 atom stereocenters. The molecule has 0 saturated carbocycles. The van der Waals surface area contributed by atoms with Gasteiger partial charge >= 0.3 is 5.97 Å². The first-order valence-electron chi connectivity index (χ1n) is 2.40. The van der Waals surface area contributed by atoms with Crippen LogP contribution in [-0.2, 0) is 14.3 Å². The quantitative estimate of drug-likeness (QED) is 0.413. The molecule has 0 aromatic heterocycles. The van der Waals surface area contributed by atoms with E-state index < -0.39 is 0 Å². The molecule has 4 heteroatoms. The maximum Gasteiger partial charge on any atom is 0.302 e. The second-order valence-corrected chi connectivity index (χ2v) is 1.03. The van der Waals surface area contributed by atoms with Gasteiger partial charge in [0.2, 0.25) is 0 Å². The molecule has 0 aliphatic rings. The Labute approximate surface area is 53.4 Å². The van der Waals surface area contributed by atoms with E-state index in [-0.39, 0.29) is 12.4 Å². The molecule has 0 aliphatic heterocycles. The highest BCUT2D eigenvalue weighted by Crippen LogP contribution is 1.69. The third-order valence-corrected chi connectivity index (χ3v) is 0.348. The molecule has 0 rings (SSSR count). The Bertz CT molecular complexity index is 79.0. The zero-order chi connectivity index (χ0) is 7.70. The minimum atomic E-state index is -0.250. The SMILES string of the molecule is CCOC(C)=O.O=CO. The highest BCUT2D eigenvalue weighted by molar-refractivity contribution is 5.65. The number of ether oxygens (including phenoxy) is 1. The molecule has 9 heavy (non-hydrogen) atoms. The number of esters is 1. The third kappa shape index (κ3) is 45.0. The van der Waals surface area contributed by atoms with Gasteiger partial charge in [0.1, 0.15) is 0 Å². The molecule has 0 spiro atoms. The molecule has 0 amide bonds. The molecular formula is C5H10O4. The highest BCUT2D eigenvalue weighted by Gasteiger charge is 1.81. The van der Waals surface area contributed by atoms with E-state index in [0.717, 1.165) is 0 Å². The smallest absolute Gasteiger partial charge is 0.302 e. The fourth-order valence-electron chi connectivity index (χ4n) is 0.203. The number of hydrogen-bond acceptors (Lipinski definition) is 3. The van der Waals surface area contributed by atoms with Crippen molar-refractivity contribution in [2.75, 3.05) is 6.61 Å². The molecule has 54 valence electrons. The van der Waals surface area contributed by atoms with Crippen molar-refractivity contribution in [1.29, 1.82) is 0 Å². The van der Waals surface area contributed by atoms with Crippen LogP contribution in [0, 0.1) is 0 Å². The molecule has 0 aromatic carbocycles. The van der Waals surface area contributed by atoms with Crippen LogP contribution in [-0.4, -0.2) is 24.2 Å². The lowest BCUT2D eigenvalue weighted by Gasteiger charge is -1.89. The van der Waals surface area contributed by atoms with Crippen LogP contribution in [0.3, 0.4) is 0 Å². The third-order valence-electron chi connectivity index (χ3n) is 0.348. The molecule has 0 aliphatic carbocycles. The molecule has 0 fully saturated rings. The minimum Gasteiger partial charge on any atom is -0.483 e. The van der Waals surface area contributed by atoms with Crippen LogP contribution in [0.2, 0.25) is 0 Å². The minimum absolute atomic E-state index is 0.211. The first kappa shape index (κ1) is 10.8. The largest absolute Gasteiger partial charge is 0.483 e. The van der Waals surface area contributed by atoms with Crippen molar-refractivity contribution in [3.63, 3.8) is 0 Å². The van der Waals surface area contributed by atoms with Crippen LogP contribution in [0.4, 0.5) is 0 Å². The molecule has 0 heterocycles. The van der Waals surface area contributed by atoms with Gasteiger partial charge in [-0.3, -0.25) is 9.59 Å². The van der Waals surface area contributed by atoms with E-state index >= 15 is 0 Å². The van der Waals surface area contributed by atoms with Gasteiger partial charge in [0.05, 0.1) is 6.61 Å². The molecule has 0 saturated heterocycles. The van der Waals surface area contributed by atoms with E-state index in [9.17, 15) is 4.79 Å². The van der Waals surface area contributed by atoms with Gasteiger partial charge in [-0.25, -0.2) is 0 Å². The predicted octanol–water partition coefficient (Wildman–Crippen LogP) is 0.270. The van der Waals surface area contributed by atoms with Gasteiger partial charge in [-0.15, -0.1) is 0 Å². The van der Waals surface area contributed by atoms with Crippen LogP contribution >= 0.6 is 0 Å². The Hall–Kier alpha value is -1.06. The summed E-state index contributed by atoms with van der Waals surface area (Å²) in [5.74, 6) is -0.211. The van der Waals surface area contributed by atoms with Crippen LogP contribution in [0.1, 0.15) is 13.8 Å². The summed E-state index contributed by atoms with van der Waals surface area (Å²) in [6.45, 7) is 3.40. The number of carbonyl (C=O) groups is 2. The van der Waals surface area contributed by atoms with Gasteiger partial charge < -0.3 is 9.84 Å². The number of carboxylic acid groups (broad SMARTS) is 1. The number of hydrogen-bond donors (Lipinski definition) is 1. The van der Waals surface area contributed by atoms with E-state index in [4.69, 9.17) is 9.90 Å². The molecule has 0 aromatic rings. The van der Waals surface area contributed by atoms with Gasteiger partial charge in [0.25, 0.3) is 6.47 Å². The first-order valence-corrected chi connectivity index (χ1v) is 2.40. The van der Waals surface area contributed by atoms with E-state index in [0.29, 0.717) is 6.61 Å². The number of carbonyl (C=O) groups excluding carboxylic acids is 1. The summed E-state index contributed by atoms with van der Waals surface area (Å²) in [5, 5.41) is 6.89. The Morgan fingerprint density at radius 2 is 2.11 bits per heavy atom. The number of rotatable bonds is 1. The average molecular weight is 134 g/mol. The molecule has 0 bridgehead atoms. The zero-order valence-corrected chi connectivity index (χ0v) is 5.46. The Kier molecular flexibility index (Phi) is 12.1. The lowest BCUT2D eigenvalue weighted by atomic mass is 10.8. The van der Waals surface area contributed by atoms with Gasteiger partial charge in [-0.2, -0.15) is 0 Å². The first-order chi connectivity index (χ1) is 4.18. The van der Waals surface area contributed by atoms with Crippen LogP contribution in [0.5, 0.6) is 0 Å². The predicted molar refractivity (Wildman–Crippen MR) is 31.0 cm³/mol. The molecular weight excluding hydrogens is 124 g/mol. The van der Waals surface area contributed by atoms with E-state index in [1.165, 1.54) is 6.92 Å². The lowest BCUT2D eigenvalue weighted by molar-refractivity contribution is -0.140. The average Bonchev–Trinajstić information content (AvgIpc) is 1.67. The maximum absolute atomic E-state index is 9.82. The van der Waals surface area contributed by atoms with Crippen molar-refractivity contribution in [2.45, 2.75) is 13.8 Å². The Morgan fingerprint density at radius 1 is 1.78 bits per heavy atom. The fraction of sp³-hybridized carbons (Fsp3) is 0.600. The van der Waals surface area contributed by atoms with E-state index in [1.54, 1.807) is 6.92 Å². The summed E-state index contributed by atoms with van der Waals surface area (Å²) in [6.07, 6.45) is 0. The molecule has 0 unspecified atom stereocenters. The van der Waals surface area contributed by atoms with Crippen LogP contribution < -0.4 is 0 Å². The molecule has 0 radical (unpaired) electrons. The highest BCUT2D eigenvalue weighted by atomic mass is 16.5. The topological polar surface area (TPSA) is 63.6 Å². The van der Waals surface area contributed by atoms with Gasteiger partial charge in [-0.1, -0.05) is 0 Å². The summed E-state index contributed by atoms with van der Waals surface area (Å²) < 4.78 is 4.40. The zero-order valence-electron chi connectivity index (χ0n) is 5.46. The summed E-state index contributed by atoms with van der Waals surface area (Å²) in [4.78, 5) is 18.2. The van der Waals surface area contributed by atoms with Crippen LogP contribution in [0.15, 0.2) is 0 Å². The maximum atomic E-state index is 9.82. The van der Waals surface area contributed by atoms with Gasteiger partial charge in [0, 0.05) is 6.92 Å². The normalized spacial score (nSPS) is 6.44. The van der Waals surface area contributed by atoms with Crippen molar-refractivity contribution in [1.82, 2.24) is 0 Å². The lowest BCUT2D eigenvalue weighted by Crippen LogP contribution is -1.95. The summed E-state index contributed by atoms with van der Waals surface area (Å²) in [5.41, 5.74) is 0. The van der Waals surface area contributed by atoms with Crippen molar-refractivity contribution in [2.24, 2.45) is 0 Å². The fourth-order valence-corrected chi connectivity index (χ4v) is 0.203. The van der Waals surface area contributed by atoms with Crippen molar-refractivity contribution in [3.05, 3.63) is 0 Å². The second kappa shape index (κ2) is 10.0. The van der Waals surface area contributed by atoms with Gasteiger partial charge in [0.15, 0.2) is 0 Å². The molecule has 1 N–H and O–H groups in total. The van der Waals surface area contributed by atoms with E-state index in [1.807, 2.05) is 0 Å². The van der Waals surface area contributed by atoms with E-state index in [2.05, 4.69) is 4.74 Å². The van der Waals surface area contributed by atoms with Crippen molar-refractivity contribution >= 4 is 12.4 Å². The van der Waals surface area contributed by atoms with Crippen molar-refractivity contribution in [3.8, 4) is 0 Å². The summed E-state index contributed by atoms with van der Waals surface area (Å²) in [7, 11) is 0. The summed E-state index contributed by atoms with van der Waals surface area (Å²) in [6, 6.07) is 0. The Morgan fingerprint density at radius 3 is 2.11 bits per heavy atom. The van der Waals surface area contributed by atoms with Crippen LogP contribution in [0.25, 0.3) is 0 Å².